The Balaban J connectivity index is 2.91. The van der Waals surface area contributed by atoms with Crippen molar-refractivity contribution in [1.82, 2.24) is 9.97 Å². The Bertz CT molecular complexity index is 376. The highest BCUT2D eigenvalue weighted by Gasteiger charge is 1.98. The first-order chi connectivity index (χ1) is 6.09. The van der Waals surface area contributed by atoms with E-state index in [0.717, 1.165) is 0 Å². The maximum atomic E-state index is 11.2. The number of hydrogen-bond donors (Lipinski definition) is 2. The van der Waals surface area contributed by atoms with Gasteiger partial charge in [-0.3, -0.25) is 9.79 Å². The van der Waals surface area contributed by atoms with Crippen molar-refractivity contribution in [2.24, 2.45) is 10.7 Å². The van der Waals surface area contributed by atoms with Gasteiger partial charge in [-0.1, -0.05) is 0 Å². The molecule has 0 unspecified atom stereocenters. The minimum atomic E-state index is -0.155. The van der Waals surface area contributed by atoms with Crippen molar-refractivity contribution < 1.29 is 0 Å². The van der Waals surface area contributed by atoms with Gasteiger partial charge in [-0.25, -0.2) is 4.98 Å². The molecule has 0 spiro atoms. The van der Waals surface area contributed by atoms with Crippen molar-refractivity contribution in [3.8, 4) is 0 Å². The zero-order valence-electron chi connectivity index (χ0n) is 7.66. The quantitative estimate of drug-likeness (QED) is 0.494. The van der Waals surface area contributed by atoms with Gasteiger partial charge in [-0.15, -0.1) is 0 Å². The van der Waals surface area contributed by atoms with Gasteiger partial charge in [0, 0.05) is 6.20 Å². The molecule has 1 aromatic heterocycles. The van der Waals surface area contributed by atoms with Crippen molar-refractivity contribution in [2.75, 3.05) is 0 Å². The normalized spacial score (nSPS) is 11.7. The highest BCUT2D eigenvalue weighted by Crippen LogP contribution is 1.91. The molecule has 0 amide bonds. The van der Waals surface area contributed by atoms with Gasteiger partial charge in [0.25, 0.3) is 5.56 Å². The lowest BCUT2D eigenvalue weighted by Gasteiger charge is -1.96. The van der Waals surface area contributed by atoms with E-state index in [-0.39, 0.29) is 12.1 Å². The van der Waals surface area contributed by atoms with E-state index in [9.17, 15) is 4.79 Å². The third kappa shape index (κ3) is 2.70. The van der Waals surface area contributed by atoms with E-state index in [4.69, 9.17) is 5.73 Å². The molecule has 13 heavy (non-hydrogen) atoms. The van der Waals surface area contributed by atoms with Crippen molar-refractivity contribution in [1.29, 1.82) is 0 Å². The van der Waals surface area contributed by atoms with Crippen LogP contribution < -0.4 is 11.3 Å². The number of aliphatic imine (C=N–C) groups is 1. The molecule has 0 aromatic carbocycles. The molecule has 0 aliphatic heterocycles. The van der Waals surface area contributed by atoms with Crippen LogP contribution >= 0.6 is 0 Å². The van der Waals surface area contributed by atoms with E-state index in [1.165, 1.54) is 6.20 Å². The summed E-state index contributed by atoms with van der Waals surface area (Å²) in [5.74, 6) is 1.06. The van der Waals surface area contributed by atoms with Crippen molar-refractivity contribution in [3.63, 3.8) is 0 Å². The number of nitrogens with zero attached hydrogens (tertiary/aromatic N) is 2. The number of hydrogen-bond acceptors (Lipinski definition) is 3. The molecule has 0 saturated heterocycles. The molecule has 0 aliphatic rings. The van der Waals surface area contributed by atoms with Crippen LogP contribution in [0.5, 0.6) is 0 Å². The summed E-state index contributed by atoms with van der Waals surface area (Å²) in [5.41, 5.74) is 5.71. The lowest BCUT2D eigenvalue weighted by atomic mass is 10.3. The molecule has 0 bridgehead atoms. The van der Waals surface area contributed by atoms with Gasteiger partial charge in [0.15, 0.2) is 0 Å². The number of rotatable bonds is 2. The molecule has 1 rings (SSSR count). The molecule has 0 aliphatic carbocycles. The zero-order chi connectivity index (χ0) is 9.84. The number of amidine groups is 1. The molecular formula is C8H12N4O. The summed E-state index contributed by atoms with van der Waals surface area (Å²) in [4.78, 5) is 21.7. The van der Waals surface area contributed by atoms with Crippen LogP contribution in [-0.4, -0.2) is 15.8 Å². The maximum absolute atomic E-state index is 11.2. The third-order valence-corrected chi connectivity index (χ3v) is 1.50. The fourth-order valence-electron chi connectivity index (χ4n) is 0.833. The molecular weight excluding hydrogens is 168 g/mol. The van der Waals surface area contributed by atoms with Crippen LogP contribution in [0.2, 0.25) is 0 Å². The van der Waals surface area contributed by atoms with Gasteiger partial charge in [0.1, 0.15) is 5.82 Å². The van der Waals surface area contributed by atoms with Crippen LogP contribution in [0.4, 0.5) is 0 Å². The van der Waals surface area contributed by atoms with E-state index in [1.54, 1.807) is 13.8 Å². The fraction of sp³-hybridized carbons (Fsp3) is 0.375. The first kappa shape index (κ1) is 9.44. The molecule has 1 aromatic rings. The highest BCUT2D eigenvalue weighted by molar-refractivity contribution is 5.77. The Hall–Kier alpha value is -1.65. The summed E-state index contributed by atoms with van der Waals surface area (Å²) in [7, 11) is 0. The van der Waals surface area contributed by atoms with Crippen molar-refractivity contribution in [3.05, 3.63) is 27.9 Å². The third-order valence-electron chi connectivity index (χ3n) is 1.50. The van der Waals surface area contributed by atoms with Gasteiger partial charge in [0.05, 0.1) is 17.9 Å². The fourth-order valence-corrected chi connectivity index (χ4v) is 0.833. The van der Waals surface area contributed by atoms with Gasteiger partial charge in [0.2, 0.25) is 0 Å². The molecule has 1 heterocycles. The number of aromatic nitrogens is 2. The van der Waals surface area contributed by atoms with Crippen LogP contribution in [0.1, 0.15) is 18.3 Å². The topological polar surface area (TPSA) is 84.1 Å². The van der Waals surface area contributed by atoms with Gasteiger partial charge in [-0.05, 0) is 13.8 Å². The summed E-state index contributed by atoms with van der Waals surface area (Å²) in [6, 6.07) is 0. The summed E-state index contributed by atoms with van der Waals surface area (Å²) in [5, 5.41) is 0. The second kappa shape index (κ2) is 3.84. The highest BCUT2D eigenvalue weighted by atomic mass is 16.1. The van der Waals surface area contributed by atoms with Gasteiger partial charge >= 0.3 is 0 Å². The summed E-state index contributed by atoms with van der Waals surface area (Å²) < 4.78 is 0. The molecule has 0 radical (unpaired) electrons. The van der Waals surface area contributed by atoms with E-state index in [0.29, 0.717) is 17.2 Å². The SMILES string of the molecule is CC(N)=NCc1cnc(C)[nH]c1=O. The lowest BCUT2D eigenvalue weighted by Crippen LogP contribution is -2.15. The lowest BCUT2D eigenvalue weighted by molar-refractivity contribution is 0.933. The van der Waals surface area contributed by atoms with E-state index in [2.05, 4.69) is 15.0 Å². The van der Waals surface area contributed by atoms with Crippen molar-refractivity contribution in [2.45, 2.75) is 20.4 Å². The van der Waals surface area contributed by atoms with E-state index >= 15 is 0 Å². The first-order valence-corrected chi connectivity index (χ1v) is 3.91. The van der Waals surface area contributed by atoms with Gasteiger partial charge < -0.3 is 10.7 Å². The number of aromatic amines is 1. The van der Waals surface area contributed by atoms with Gasteiger partial charge in [-0.2, -0.15) is 0 Å². The summed E-state index contributed by atoms with van der Waals surface area (Å²) >= 11 is 0. The average molecular weight is 180 g/mol. The first-order valence-electron chi connectivity index (χ1n) is 3.91. The number of nitrogens with two attached hydrogens (primary N) is 1. The van der Waals surface area contributed by atoms with E-state index < -0.39 is 0 Å². The largest absolute Gasteiger partial charge is 0.388 e. The Morgan fingerprint density at radius 1 is 1.77 bits per heavy atom. The number of nitrogens with one attached hydrogen (secondary N) is 1. The maximum Gasteiger partial charge on any atom is 0.255 e. The second-order valence-corrected chi connectivity index (χ2v) is 2.78. The molecule has 5 heteroatoms. The van der Waals surface area contributed by atoms with Crippen molar-refractivity contribution >= 4 is 5.84 Å². The zero-order valence-corrected chi connectivity index (χ0v) is 7.66. The Morgan fingerprint density at radius 2 is 2.46 bits per heavy atom. The smallest absolute Gasteiger partial charge is 0.255 e. The molecule has 0 atom stereocenters. The molecule has 3 N–H and O–H groups in total. The predicted octanol–water partition coefficient (Wildman–Crippen LogP) is -0.0446. The van der Waals surface area contributed by atoms with Crippen LogP contribution in [0, 0.1) is 6.92 Å². The molecule has 0 saturated carbocycles. The van der Waals surface area contributed by atoms with Crippen LogP contribution in [-0.2, 0) is 6.54 Å². The Labute approximate surface area is 75.7 Å². The number of H-pyrrole nitrogens is 1. The standard InChI is InChI=1S/C8H12N4O/c1-5(9)10-3-7-4-11-6(2)12-8(7)13/h4H,3H2,1-2H3,(H2,9,10)(H,11,12,13). The van der Waals surface area contributed by atoms with Crippen LogP contribution in [0.3, 0.4) is 0 Å². The molecule has 0 fully saturated rings. The Kier molecular flexibility index (Phi) is 2.79. The summed E-state index contributed by atoms with van der Waals surface area (Å²) in [6.45, 7) is 3.68. The average Bonchev–Trinajstić information content (AvgIpc) is 2.02. The monoisotopic (exact) mass is 180 g/mol. The van der Waals surface area contributed by atoms with E-state index in [1.807, 2.05) is 0 Å². The van der Waals surface area contributed by atoms with Crippen LogP contribution in [0.25, 0.3) is 0 Å². The second-order valence-electron chi connectivity index (χ2n) is 2.78. The molecule has 5 nitrogen and oxygen atoms in total. The Morgan fingerprint density at radius 3 is 3.00 bits per heavy atom. The molecule has 70 valence electrons. The minimum absolute atomic E-state index is 0.155. The number of aryl methyl sites for hydroxylation is 1. The predicted molar refractivity (Wildman–Crippen MR) is 50.6 cm³/mol. The summed E-state index contributed by atoms with van der Waals surface area (Å²) in [6.07, 6.45) is 1.51. The minimum Gasteiger partial charge on any atom is -0.388 e. The van der Waals surface area contributed by atoms with Crippen LogP contribution in [0.15, 0.2) is 16.0 Å².